The molecule has 0 saturated heterocycles. The summed E-state index contributed by atoms with van der Waals surface area (Å²) in [5.41, 5.74) is 6.19. The Hall–Kier alpha value is -0.250. The molecule has 0 amide bonds. The zero-order valence-electron chi connectivity index (χ0n) is 9.23. The molecule has 0 spiro atoms. The normalized spacial score (nSPS) is 18.9. The highest BCUT2D eigenvalue weighted by Gasteiger charge is 2.22. The molecule has 1 unspecified atom stereocenters. The minimum Gasteiger partial charge on any atom is -0.327 e. The number of pyridine rings is 1. The average Bonchev–Trinajstić information content (AvgIpc) is 2.81. The van der Waals surface area contributed by atoms with Gasteiger partial charge in [0.1, 0.15) is 5.03 Å². The summed E-state index contributed by atoms with van der Waals surface area (Å²) in [4.78, 5) is 4.25. The first kappa shape index (κ1) is 12.2. The summed E-state index contributed by atoms with van der Waals surface area (Å²) in [7, 11) is 0. The van der Waals surface area contributed by atoms with Crippen molar-refractivity contribution in [2.45, 2.75) is 36.8 Å². The number of aromatic nitrogens is 1. The molecule has 0 aromatic carbocycles. The van der Waals surface area contributed by atoms with Gasteiger partial charge in [-0.1, -0.05) is 24.4 Å². The fraction of sp³-hybridized carbons (Fsp3) is 0.583. The molecular weight excluding hydrogens is 240 g/mol. The van der Waals surface area contributed by atoms with Crippen molar-refractivity contribution < 1.29 is 0 Å². The van der Waals surface area contributed by atoms with E-state index in [2.05, 4.69) is 4.98 Å². The molecular formula is C12H17ClN2S. The highest BCUT2D eigenvalue weighted by molar-refractivity contribution is 7.99. The fourth-order valence-electron chi connectivity index (χ4n) is 2.17. The Morgan fingerprint density at radius 2 is 2.25 bits per heavy atom. The molecule has 2 rings (SSSR count). The van der Waals surface area contributed by atoms with E-state index >= 15 is 0 Å². The molecule has 0 radical (unpaired) electrons. The second kappa shape index (κ2) is 5.89. The van der Waals surface area contributed by atoms with Crippen LogP contribution in [0.5, 0.6) is 0 Å². The zero-order chi connectivity index (χ0) is 11.4. The van der Waals surface area contributed by atoms with Gasteiger partial charge in [0, 0.05) is 18.0 Å². The predicted octanol–water partition coefficient (Wildman–Crippen LogP) is 3.34. The van der Waals surface area contributed by atoms with Crippen LogP contribution in [0.1, 0.15) is 25.7 Å². The largest absolute Gasteiger partial charge is 0.327 e. The summed E-state index contributed by atoms with van der Waals surface area (Å²) in [6.07, 6.45) is 7.03. The van der Waals surface area contributed by atoms with Gasteiger partial charge in [-0.25, -0.2) is 4.98 Å². The molecule has 88 valence electrons. The van der Waals surface area contributed by atoms with Crippen LogP contribution in [0.2, 0.25) is 5.02 Å². The minimum absolute atomic E-state index is 0.283. The van der Waals surface area contributed by atoms with Crippen molar-refractivity contribution >= 4 is 23.4 Å². The Morgan fingerprint density at radius 1 is 1.50 bits per heavy atom. The summed E-state index contributed by atoms with van der Waals surface area (Å²) >= 11 is 7.72. The number of nitrogens with zero attached hydrogens (tertiary/aromatic N) is 1. The van der Waals surface area contributed by atoms with Crippen LogP contribution in [0.3, 0.4) is 0 Å². The Balaban J connectivity index is 1.84. The van der Waals surface area contributed by atoms with E-state index in [1.54, 1.807) is 18.0 Å². The number of thioether (sulfide) groups is 1. The topological polar surface area (TPSA) is 38.9 Å². The van der Waals surface area contributed by atoms with Crippen LogP contribution in [0.15, 0.2) is 23.4 Å². The summed E-state index contributed by atoms with van der Waals surface area (Å²) in [5.74, 6) is 1.62. The van der Waals surface area contributed by atoms with Gasteiger partial charge in [-0.3, -0.25) is 0 Å². The molecule has 1 aliphatic carbocycles. The molecule has 1 atom stereocenters. The molecule has 1 aromatic rings. The maximum absolute atomic E-state index is 6.19. The quantitative estimate of drug-likeness (QED) is 0.840. The first-order chi connectivity index (χ1) is 7.77. The van der Waals surface area contributed by atoms with Gasteiger partial charge >= 0.3 is 0 Å². The van der Waals surface area contributed by atoms with Crippen LogP contribution >= 0.6 is 23.4 Å². The monoisotopic (exact) mass is 256 g/mol. The lowest BCUT2D eigenvalue weighted by Crippen LogP contribution is -2.30. The van der Waals surface area contributed by atoms with E-state index in [0.29, 0.717) is 5.92 Å². The first-order valence-corrected chi connectivity index (χ1v) is 7.12. The molecule has 0 bridgehead atoms. The average molecular weight is 257 g/mol. The third-order valence-electron chi connectivity index (χ3n) is 3.14. The third-order valence-corrected chi connectivity index (χ3v) is 4.71. The smallest absolute Gasteiger partial charge is 0.115 e. The highest BCUT2D eigenvalue weighted by atomic mass is 35.5. The van der Waals surface area contributed by atoms with Gasteiger partial charge in [0.15, 0.2) is 0 Å². The Labute approximate surface area is 106 Å². The lowest BCUT2D eigenvalue weighted by atomic mass is 10.0. The second-order valence-electron chi connectivity index (χ2n) is 4.31. The molecule has 1 heterocycles. The van der Waals surface area contributed by atoms with E-state index in [4.69, 9.17) is 17.3 Å². The van der Waals surface area contributed by atoms with E-state index in [1.807, 2.05) is 12.1 Å². The summed E-state index contributed by atoms with van der Waals surface area (Å²) in [6.45, 7) is 0. The van der Waals surface area contributed by atoms with Crippen molar-refractivity contribution in [3.05, 3.63) is 23.4 Å². The van der Waals surface area contributed by atoms with E-state index in [1.165, 1.54) is 25.7 Å². The van der Waals surface area contributed by atoms with Gasteiger partial charge in [-0.15, -0.1) is 11.8 Å². The van der Waals surface area contributed by atoms with Crippen molar-refractivity contribution in [2.24, 2.45) is 11.7 Å². The predicted molar refractivity (Wildman–Crippen MR) is 69.9 cm³/mol. The maximum Gasteiger partial charge on any atom is 0.115 e. The molecule has 1 saturated carbocycles. The van der Waals surface area contributed by atoms with Crippen LogP contribution in [-0.4, -0.2) is 16.8 Å². The van der Waals surface area contributed by atoms with Gasteiger partial charge in [0.25, 0.3) is 0 Å². The van der Waals surface area contributed by atoms with Gasteiger partial charge in [-0.2, -0.15) is 0 Å². The molecule has 2 nitrogen and oxygen atoms in total. The molecule has 16 heavy (non-hydrogen) atoms. The van der Waals surface area contributed by atoms with E-state index < -0.39 is 0 Å². The van der Waals surface area contributed by atoms with Crippen LogP contribution in [-0.2, 0) is 0 Å². The summed E-state index contributed by atoms with van der Waals surface area (Å²) in [6, 6.07) is 4.01. The van der Waals surface area contributed by atoms with Gasteiger partial charge < -0.3 is 5.73 Å². The number of hydrogen-bond donors (Lipinski definition) is 1. The highest BCUT2D eigenvalue weighted by Crippen LogP contribution is 2.31. The number of rotatable bonds is 4. The lowest BCUT2D eigenvalue weighted by molar-refractivity contribution is 0.463. The Bertz CT molecular complexity index is 340. The fourth-order valence-corrected chi connectivity index (χ4v) is 3.42. The van der Waals surface area contributed by atoms with Crippen molar-refractivity contribution in [1.82, 2.24) is 4.98 Å². The molecule has 0 aliphatic heterocycles. The van der Waals surface area contributed by atoms with E-state index in [-0.39, 0.29) is 6.04 Å². The summed E-state index contributed by atoms with van der Waals surface area (Å²) in [5, 5.41) is 1.63. The Morgan fingerprint density at radius 3 is 2.94 bits per heavy atom. The standard InChI is InChI=1S/C12H17ClN2S/c13-10-6-3-7-15-12(10)16-8-11(14)9-4-1-2-5-9/h3,6-7,9,11H,1-2,4-5,8,14H2. The van der Waals surface area contributed by atoms with Crippen LogP contribution in [0, 0.1) is 5.92 Å². The maximum atomic E-state index is 6.19. The number of halogens is 1. The number of hydrogen-bond acceptors (Lipinski definition) is 3. The molecule has 2 N–H and O–H groups in total. The van der Waals surface area contributed by atoms with Crippen LogP contribution < -0.4 is 5.73 Å². The van der Waals surface area contributed by atoms with Gasteiger partial charge in [0.2, 0.25) is 0 Å². The minimum atomic E-state index is 0.283. The second-order valence-corrected chi connectivity index (χ2v) is 5.73. The zero-order valence-corrected chi connectivity index (χ0v) is 10.8. The van der Waals surface area contributed by atoms with E-state index in [0.717, 1.165) is 15.8 Å². The molecule has 1 fully saturated rings. The number of nitrogens with two attached hydrogens (primary N) is 1. The lowest BCUT2D eigenvalue weighted by Gasteiger charge is -2.18. The van der Waals surface area contributed by atoms with Gasteiger partial charge in [-0.05, 0) is 30.9 Å². The van der Waals surface area contributed by atoms with E-state index in [9.17, 15) is 0 Å². The van der Waals surface area contributed by atoms with Crippen LogP contribution in [0.25, 0.3) is 0 Å². The Kier molecular flexibility index (Phi) is 4.50. The molecule has 4 heteroatoms. The van der Waals surface area contributed by atoms with Crippen LogP contribution in [0.4, 0.5) is 0 Å². The molecule has 1 aromatic heterocycles. The van der Waals surface area contributed by atoms with Crippen molar-refractivity contribution in [2.75, 3.05) is 5.75 Å². The first-order valence-electron chi connectivity index (χ1n) is 5.76. The molecule has 1 aliphatic rings. The SMILES string of the molecule is NC(CSc1ncccc1Cl)C1CCCC1. The van der Waals surface area contributed by atoms with Crippen molar-refractivity contribution in [3.8, 4) is 0 Å². The third kappa shape index (κ3) is 3.12. The van der Waals surface area contributed by atoms with Crippen molar-refractivity contribution in [3.63, 3.8) is 0 Å². The van der Waals surface area contributed by atoms with Gasteiger partial charge in [0.05, 0.1) is 5.02 Å². The summed E-state index contributed by atoms with van der Waals surface area (Å²) < 4.78 is 0. The van der Waals surface area contributed by atoms with Crippen molar-refractivity contribution in [1.29, 1.82) is 0 Å².